The Kier molecular flexibility index (Phi) is 5.36. The number of ether oxygens (including phenoxy) is 1. The minimum Gasteiger partial charge on any atom is -0.378 e. The van der Waals surface area contributed by atoms with Crippen molar-refractivity contribution in [3.63, 3.8) is 0 Å². The molecule has 142 valence electrons. The number of urea groups is 1. The molecular formula is C21H24FN3O2. The Morgan fingerprint density at radius 2 is 2.00 bits per heavy atom. The van der Waals surface area contributed by atoms with Gasteiger partial charge in [0.25, 0.3) is 0 Å². The molecule has 27 heavy (non-hydrogen) atoms. The predicted molar refractivity (Wildman–Crippen MR) is 101 cm³/mol. The Morgan fingerprint density at radius 3 is 2.85 bits per heavy atom. The van der Waals surface area contributed by atoms with Crippen molar-refractivity contribution < 1.29 is 13.9 Å². The molecule has 0 bridgehead atoms. The van der Waals surface area contributed by atoms with E-state index in [2.05, 4.69) is 22.8 Å². The summed E-state index contributed by atoms with van der Waals surface area (Å²) in [6, 6.07) is 14.2. The van der Waals surface area contributed by atoms with Gasteiger partial charge in [0, 0.05) is 19.6 Å². The van der Waals surface area contributed by atoms with E-state index < -0.39 is 0 Å². The highest BCUT2D eigenvalue weighted by Crippen LogP contribution is 2.35. The first-order chi connectivity index (χ1) is 13.2. The number of benzene rings is 2. The first kappa shape index (κ1) is 17.9. The van der Waals surface area contributed by atoms with Gasteiger partial charge in [-0.2, -0.15) is 0 Å². The second kappa shape index (κ2) is 8.06. The van der Waals surface area contributed by atoms with Crippen molar-refractivity contribution in [3.8, 4) is 0 Å². The minimum absolute atomic E-state index is 0.0639. The smallest absolute Gasteiger partial charge is 0.318 e. The van der Waals surface area contributed by atoms with Crippen molar-refractivity contribution in [1.29, 1.82) is 0 Å². The third-order valence-corrected chi connectivity index (χ3v) is 5.19. The van der Waals surface area contributed by atoms with E-state index in [4.69, 9.17) is 4.74 Å². The standard InChI is InChI=1S/C21H24FN3O2/c22-17-7-5-16(6-8-17)20-19-4-2-1-3-15(19)9-11-25(20)21(26)24-18-13-23-10-12-27-14-18/h1-8,18,20,23H,9-14H2,(H,24,26)/t18?,20-/m1/s1. The third-order valence-electron chi connectivity index (χ3n) is 5.19. The van der Waals surface area contributed by atoms with E-state index in [1.807, 2.05) is 17.0 Å². The molecule has 2 heterocycles. The Bertz CT molecular complexity index is 788. The first-order valence-electron chi connectivity index (χ1n) is 9.41. The average molecular weight is 369 g/mol. The molecule has 1 fully saturated rings. The number of carbonyl (C=O) groups excluding carboxylic acids is 1. The summed E-state index contributed by atoms with van der Waals surface area (Å²) >= 11 is 0. The van der Waals surface area contributed by atoms with Gasteiger partial charge >= 0.3 is 6.03 Å². The van der Waals surface area contributed by atoms with Crippen LogP contribution in [-0.4, -0.2) is 49.8 Å². The zero-order valence-corrected chi connectivity index (χ0v) is 15.2. The van der Waals surface area contributed by atoms with Gasteiger partial charge in [0.2, 0.25) is 0 Å². The van der Waals surface area contributed by atoms with Crippen LogP contribution >= 0.6 is 0 Å². The van der Waals surface area contributed by atoms with Crippen LogP contribution < -0.4 is 10.6 Å². The van der Waals surface area contributed by atoms with Crippen molar-refractivity contribution in [2.24, 2.45) is 0 Å². The van der Waals surface area contributed by atoms with Gasteiger partial charge in [-0.1, -0.05) is 36.4 Å². The van der Waals surface area contributed by atoms with Crippen LogP contribution in [0.15, 0.2) is 48.5 Å². The number of amides is 2. The lowest BCUT2D eigenvalue weighted by atomic mass is 9.88. The minimum atomic E-state index is -0.277. The molecule has 2 aromatic rings. The number of nitrogens with one attached hydrogen (secondary N) is 2. The Labute approximate surface area is 158 Å². The maximum atomic E-state index is 13.4. The lowest BCUT2D eigenvalue weighted by Crippen LogP contribution is -2.52. The summed E-state index contributed by atoms with van der Waals surface area (Å²) in [5.41, 5.74) is 3.24. The molecule has 0 aromatic heterocycles. The van der Waals surface area contributed by atoms with Crippen molar-refractivity contribution >= 4 is 6.03 Å². The summed E-state index contributed by atoms with van der Waals surface area (Å²) in [6.45, 7) is 3.26. The van der Waals surface area contributed by atoms with Crippen LogP contribution in [0.25, 0.3) is 0 Å². The van der Waals surface area contributed by atoms with Gasteiger partial charge in [-0.05, 0) is 35.2 Å². The van der Waals surface area contributed by atoms with Gasteiger partial charge in [-0.25, -0.2) is 9.18 Å². The maximum Gasteiger partial charge on any atom is 0.318 e. The lowest BCUT2D eigenvalue weighted by Gasteiger charge is -2.38. The van der Waals surface area contributed by atoms with E-state index in [1.165, 1.54) is 17.7 Å². The predicted octanol–water partition coefficient (Wildman–Crippen LogP) is 2.47. The van der Waals surface area contributed by atoms with Gasteiger partial charge in [0.15, 0.2) is 0 Å². The second-order valence-corrected chi connectivity index (χ2v) is 7.02. The summed E-state index contributed by atoms with van der Waals surface area (Å²) in [6.07, 6.45) is 0.806. The molecule has 6 heteroatoms. The molecule has 4 rings (SSSR count). The van der Waals surface area contributed by atoms with Gasteiger partial charge in [0.1, 0.15) is 5.82 Å². The van der Waals surface area contributed by atoms with Crippen LogP contribution in [0.4, 0.5) is 9.18 Å². The molecule has 0 spiro atoms. The van der Waals surface area contributed by atoms with Gasteiger partial charge < -0.3 is 20.3 Å². The number of rotatable bonds is 2. The Morgan fingerprint density at radius 1 is 1.19 bits per heavy atom. The average Bonchev–Trinajstić information content (AvgIpc) is 2.96. The molecule has 0 radical (unpaired) electrons. The number of hydrogen-bond donors (Lipinski definition) is 2. The highest BCUT2D eigenvalue weighted by atomic mass is 19.1. The van der Waals surface area contributed by atoms with Gasteiger partial charge in [-0.3, -0.25) is 0 Å². The third kappa shape index (κ3) is 3.96. The fourth-order valence-electron chi connectivity index (χ4n) is 3.85. The summed E-state index contributed by atoms with van der Waals surface area (Å²) in [5, 5.41) is 6.37. The molecule has 0 saturated carbocycles. The van der Waals surface area contributed by atoms with Crippen molar-refractivity contribution in [2.45, 2.75) is 18.5 Å². The molecule has 2 atom stereocenters. The maximum absolute atomic E-state index is 13.4. The quantitative estimate of drug-likeness (QED) is 0.855. The molecule has 0 aliphatic carbocycles. The number of halogens is 1. The van der Waals surface area contributed by atoms with E-state index in [1.54, 1.807) is 12.1 Å². The summed E-state index contributed by atoms with van der Waals surface area (Å²) in [5.74, 6) is -0.277. The topological polar surface area (TPSA) is 53.6 Å². The molecule has 2 aliphatic rings. The van der Waals surface area contributed by atoms with Crippen LogP contribution in [0.2, 0.25) is 0 Å². The number of nitrogens with zero attached hydrogens (tertiary/aromatic N) is 1. The van der Waals surface area contributed by atoms with E-state index >= 15 is 0 Å². The highest BCUT2D eigenvalue weighted by Gasteiger charge is 2.32. The second-order valence-electron chi connectivity index (χ2n) is 7.02. The van der Waals surface area contributed by atoms with Crippen LogP contribution in [0.3, 0.4) is 0 Å². The van der Waals surface area contributed by atoms with Crippen LogP contribution in [-0.2, 0) is 11.2 Å². The Balaban J connectivity index is 1.62. The fourth-order valence-corrected chi connectivity index (χ4v) is 3.85. The molecule has 5 nitrogen and oxygen atoms in total. The summed E-state index contributed by atoms with van der Waals surface area (Å²) in [7, 11) is 0. The first-order valence-corrected chi connectivity index (χ1v) is 9.41. The molecule has 2 N–H and O–H groups in total. The van der Waals surface area contributed by atoms with E-state index in [0.717, 1.165) is 24.1 Å². The summed E-state index contributed by atoms with van der Waals surface area (Å²) < 4.78 is 19.0. The highest BCUT2D eigenvalue weighted by molar-refractivity contribution is 5.76. The van der Waals surface area contributed by atoms with E-state index in [9.17, 15) is 9.18 Å². The molecule has 1 unspecified atom stereocenters. The zero-order valence-electron chi connectivity index (χ0n) is 15.2. The van der Waals surface area contributed by atoms with Crippen molar-refractivity contribution in [1.82, 2.24) is 15.5 Å². The largest absolute Gasteiger partial charge is 0.378 e. The molecule has 2 aromatic carbocycles. The van der Waals surface area contributed by atoms with E-state index in [-0.39, 0.29) is 23.9 Å². The van der Waals surface area contributed by atoms with Crippen molar-refractivity contribution in [2.75, 3.05) is 32.8 Å². The number of carbonyl (C=O) groups is 1. The number of fused-ring (bicyclic) bond motifs is 1. The number of hydrogen-bond acceptors (Lipinski definition) is 3. The molecular weight excluding hydrogens is 345 g/mol. The van der Waals surface area contributed by atoms with Crippen molar-refractivity contribution in [3.05, 3.63) is 71.0 Å². The monoisotopic (exact) mass is 369 g/mol. The van der Waals surface area contributed by atoms with E-state index in [0.29, 0.717) is 26.3 Å². The van der Waals surface area contributed by atoms with Crippen LogP contribution in [0, 0.1) is 5.82 Å². The summed E-state index contributed by atoms with van der Waals surface area (Å²) in [4.78, 5) is 14.9. The molecule has 1 saturated heterocycles. The SMILES string of the molecule is O=C(NC1CNCCOC1)N1CCc2ccccc2[C@H]1c1ccc(F)cc1. The normalized spacial score (nSPS) is 22.6. The van der Waals surface area contributed by atoms with Crippen LogP contribution in [0.1, 0.15) is 22.7 Å². The lowest BCUT2D eigenvalue weighted by molar-refractivity contribution is 0.127. The van der Waals surface area contributed by atoms with Crippen LogP contribution in [0.5, 0.6) is 0 Å². The molecule has 2 aliphatic heterocycles. The Hall–Kier alpha value is -2.44. The van der Waals surface area contributed by atoms with Gasteiger partial charge in [0.05, 0.1) is 25.3 Å². The van der Waals surface area contributed by atoms with Gasteiger partial charge in [-0.15, -0.1) is 0 Å². The molecule has 2 amide bonds. The fraction of sp³-hybridized carbons (Fsp3) is 0.381. The zero-order chi connectivity index (χ0) is 18.6.